The van der Waals surface area contributed by atoms with Crippen molar-refractivity contribution in [3.05, 3.63) is 53.3 Å². The van der Waals surface area contributed by atoms with E-state index in [9.17, 15) is 8.42 Å². The third-order valence-corrected chi connectivity index (χ3v) is 6.12. The first kappa shape index (κ1) is 15.9. The van der Waals surface area contributed by atoms with Gasteiger partial charge in [-0.05, 0) is 12.0 Å². The Hall–Kier alpha value is -1.99. The zero-order chi connectivity index (χ0) is 16.4. The SMILES string of the molecule is CCc1ccc(-c2nc(CS(=O)(=O)c3nccn3C)cs2)cc1. The van der Waals surface area contributed by atoms with E-state index in [0.717, 1.165) is 17.0 Å². The number of imidazole rings is 1. The van der Waals surface area contributed by atoms with Crippen molar-refractivity contribution in [1.82, 2.24) is 14.5 Å². The highest BCUT2D eigenvalue weighted by atomic mass is 32.2. The Balaban J connectivity index is 1.83. The van der Waals surface area contributed by atoms with Gasteiger partial charge in [0.1, 0.15) is 10.8 Å². The number of hydrogen-bond acceptors (Lipinski definition) is 5. The molecule has 0 saturated heterocycles. The molecule has 0 aliphatic heterocycles. The second-order valence-electron chi connectivity index (χ2n) is 5.27. The molecular formula is C16H17N3O2S2. The van der Waals surface area contributed by atoms with Crippen molar-refractivity contribution in [1.29, 1.82) is 0 Å². The molecule has 0 amide bonds. The zero-order valence-corrected chi connectivity index (χ0v) is 14.6. The summed E-state index contributed by atoms with van der Waals surface area (Å²) in [4.78, 5) is 8.38. The van der Waals surface area contributed by atoms with Crippen LogP contribution in [0.4, 0.5) is 0 Å². The van der Waals surface area contributed by atoms with Crippen LogP contribution in [0.1, 0.15) is 18.2 Å². The molecule has 3 rings (SSSR count). The number of hydrogen-bond donors (Lipinski definition) is 0. The highest BCUT2D eigenvalue weighted by molar-refractivity contribution is 7.90. The van der Waals surface area contributed by atoms with Crippen molar-refractivity contribution in [3.8, 4) is 10.6 Å². The lowest BCUT2D eigenvalue weighted by Crippen LogP contribution is -2.11. The maximum Gasteiger partial charge on any atom is 0.227 e. The van der Waals surface area contributed by atoms with Gasteiger partial charge in [0.15, 0.2) is 0 Å². The lowest BCUT2D eigenvalue weighted by molar-refractivity contribution is 0.578. The number of aromatic nitrogens is 3. The van der Waals surface area contributed by atoms with Gasteiger partial charge in [0.2, 0.25) is 15.0 Å². The largest absolute Gasteiger partial charge is 0.325 e. The average Bonchev–Trinajstić information content (AvgIpc) is 3.16. The van der Waals surface area contributed by atoms with Crippen LogP contribution in [-0.4, -0.2) is 23.0 Å². The minimum absolute atomic E-state index is 0.0688. The van der Waals surface area contributed by atoms with Crippen LogP contribution in [0.5, 0.6) is 0 Å². The third-order valence-electron chi connectivity index (χ3n) is 3.55. The number of thiazole rings is 1. The van der Waals surface area contributed by atoms with Gasteiger partial charge in [0.25, 0.3) is 0 Å². The van der Waals surface area contributed by atoms with Crippen molar-refractivity contribution in [2.75, 3.05) is 0 Å². The summed E-state index contributed by atoms with van der Waals surface area (Å²) in [6, 6.07) is 8.19. The van der Waals surface area contributed by atoms with Crippen molar-refractivity contribution in [3.63, 3.8) is 0 Å². The number of aryl methyl sites for hydroxylation is 2. The van der Waals surface area contributed by atoms with Gasteiger partial charge in [-0.3, -0.25) is 0 Å². The number of rotatable bonds is 5. The molecule has 5 nitrogen and oxygen atoms in total. The predicted molar refractivity (Wildman–Crippen MR) is 91.0 cm³/mol. The molecule has 120 valence electrons. The Bertz CT molecular complexity index is 909. The molecule has 7 heteroatoms. The monoisotopic (exact) mass is 347 g/mol. The Morgan fingerprint density at radius 1 is 1.22 bits per heavy atom. The Kier molecular flexibility index (Phi) is 4.32. The van der Waals surface area contributed by atoms with Gasteiger partial charge in [-0.1, -0.05) is 31.2 Å². The first-order valence-electron chi connectivity index (χ1n) is 7.23. The lowest BCUT2D eigenvalue weighted by Gasteiger charge is -2.02. The van der Waals surface area contributed by atoms with E-state index in [-0.39, 0.29) is 10.9 Å². The molecule has 1 aromatic carbocycles. The molecule has 0 N–H and O–H groups in total. The quantitative estimate of drug-likeness (QED) is 0.711. The summed E-state index contributed by atoms with van der Waals surface area (Å²) in [5.41, 5.74) is 2.82. The van der Waals surface area contributed by atoms with E-state index in [4.69, 9.17) is 0 Å². The van der Waals surface area contributed by atoms with Crippen LogP contribution in [0.2, 0.25) is 0 Å². The summed E-state index contributed by atoms with van der Waals surface area (Å²) in [6.07, 6.45) is 4.09. The smallest absolute Gasteiger partial charge is 0.227 e. The molecule has 0 spiro atoms. The molecule has 0 bridgehead atoms. The van der Waals surface area contributed by atoms with E-state index in [1.165, 1.54) is 27.7 Å². The van der Waals surface area contributed by atoms with Crippen molar-refractivity contribution in [2.45, 2.75) is 24.3 Å². The molecule has 0 unspecified atom stereocenters. The Labute approximate surface area is 139 Å². The molecule has 0 atom stereocenters. The van der Waals surface area contributed by atoms with E-state index in [1.807, 2.05) is 12.1 Å². The van der Waals surface area contributed by atoms with Gasteiger partial charge in [-0.25, -0.2) is 18.4 Å². The van der Waals surface area contributed by atoms with Crippen LogP contribution >= 0.6 is 11.3 Å². The van der Waals surface area contributed by atoms with Crippen LogP contribution in [0.3, 0.4) is 0 Å². The van der Waals surface area contributed by atoms with Gasteiger partial charge in [0.05, 0.1) is 5.69 Å². The molecule has 23 heavy (non-hydrogen) atoms. The van der Waals surface area contributed by atoms with Gasteiger partial charge in [-0.2, -0.15) is 0 Å². The summed E-state index contributed by atoms with van der Waals surface area (Å²) in [6.45, 7) is 2.11. The third kappa shape index (κ3) is 3.35. The summed E-state index contributed by atoms with van der Waals surface area (Å²) < 4.78 is 26.3. The summed E-state index contributed by atoms with van der Waals surface area (Å²) in [5, 5.41) is 2.70. The number of sulfone groups is 1. The zero-order valence-electron chi connectivity index (χ0n) is 12.9. The highest BCUT2D eigenvalue weighted by Gasteiger charge is 2.21. The van der Waals surface area contributed by atoms with Crippen LogP contribution in [0, 0.1) is 0 Å². The Morgan fingerprint density at radius 3 is 2.57 bits per heavy atom. The maximum atomic E-state index is 12.4. The van der Waals surface area contributed by atoms with Gasteiger partial charge in [0, 0.05) is 30.4 Å². The van der Waals surface area contributed by atoms with Crippen LogP contribution in [0.15, 0.2) is 47.2 Å². The van der Waals surface area contributed by atoms with E-state index < -0.39 is 9.84 Å². The summed E-state index contributed by atoms with van der Waals surface area (Å²) in [5.74, 6) is -0.138. The van der Waals surface area contributed by atoms with E-state index in [1.54, 1.807) is 18.6 Å². The second-order valence-corrected chi connectivity index (χ2v) is 8.02. The topological polar surface area (TPSA) is 64.8 Å². The first-order valence-corrected chi connectivity index (χ1v) is 9.76. The van der Waals surface area contributed by atoms with Crippen LogP contribution < -0.4 is 0 Å². The molecule has 2 aromatic heterocycles. The number of nitrogens with zero attached hydrogens (tertiary/aromatic N) is 3. The van der Waals surface area contributed by atoms with Crippen LogP contribution in [-0.2, 0) is 29.1 Å². The molecule has 0 aliphatic carbocycles. The maximum absolute atomic E-state index is 12.4. The Morgan fingerprint density at radius 2 is 1.96 bits per heavy atom. The molecule has 0 saturated carbocycles. The lowest BCUT2D eigenvalue weighted by atomic mass is 10.1. The predicted octanol–water partition coefficient (Wildman–Crippen LogP) is 3.08. The molecule has 2 heterocycles. The summed E-state index contributed by atoms with van der Waals surface area (Å²) >= 11 is 1.46. The normalized spacial score (nSPS) is 11.7. The molecule has 0 radical (unpaired) electrons. The van der Waals surface area contributed by atoms with Crippen LogP contribution in [0.25, 0.3) is 10.6 Å². The van der Waals surface area contributed by atoms with E-state index in [2.05, 4.69) is 29.0 Å². The standard InChI is InChI=1S/C16H17N3O2S2/c1-3-12-4-6-13(7-5-12)15-18-14(10-22-15)11-23(20,21)16-17-8-9-19(16)2/h4-10H,3,11H2,1-2H3. The summed E-state index contributed by atoms with van der Waals surface area (Å²) in [7, 11) is -1.82. The second kappa shape index (κ2) is 6.25. The number of benzene rings is 1. The van der Waals surface area contributed by atoms with E-state index in [0.29, 0.717) is 5.69 Å². The molecule has 3 aromatic rings. The minimum Gasteiger partial charge on any atom is -0.325 e. The van der Waals surface area contributed by atoms with Gasteiger partial charge >= 0.3 is 0 Å². The molecular weight excluding hydrogens is 330 g/mol. The highest BCUT2D eigenvalue weighted by Crippen LogP contribution is 2.25. The fraction of sp³-hybridized carbons (Fsp3) is 0.250. The minimum atomic E-state index is -3.48. The fourth-order valence-corrected chi connectivity index (χ4v) is 4.62. The van der Waals surface area contributed by atoms with Crippen molar-refractivity contribution >= 4 is 21.2 Å². The van der Waals surface area contributed by atoms with E-state index >= 15 is 0 Å². The van der Waals surface area contributed by atoms with Crippen molar-refractivity contribution < 1.29 is 8.42 Å². The molecule has 0 fully saturated rings. The first-order chi connectivity index (χ1) is 11.0. The molecule has 0 aliphatic rings. The fourth-order valence-electron chi connectivity index (χ4n) is 2.30. The van der Waals surface area contributed by atoms with Gasteiger partial charge < -0.3 is 4.57 Å². The average molecular weight is 347 g/mol. The van der Waals surface area contributed by atoms with Gasteiger partial charge in [-0.15, -0.1) is 11.3 Å². The van der Waals surface area contributed by atoms with Crippen molar-refractivity contribution in [2.24, 2.45) is 7.05 Å².